The van der Waals surface area contributed by atoms with Gasteiger partial charge in [-0.3, -0.25) is 9.58 Å². The molecule has 1 fully saturated rings. The van der Waals surface area contributed by atoms with Crippen molar-refractivity contribution in [2.45, 2.75) is 32.4 Å². The van der Waals surface area contributed by atoms with E-state index < -0.39 is 0 Å². The molecule has 1 atom stereocenters. The maximum Gasteiger partial charge on any atom is 0.225 e. The number of aryl methyl sites for hydroxylation is 1. The molecule has 0 amide bonds. The molecule has 0 bridgehead atoms. The summed E-state index contributed by atoms with van der Waals surface area (Å²) in [6, 6.07) is 6.10. The highest BCUT2D eigenvalue weighted by atomic mass is 16.5. The summed E-state index contributed by atoms with van der Waals surface area (Å²) in [4.78, 5) is 13.9. The Bertz CT molecular complexity index is 1060. The minimum atomic E-state index is -0.0193. The van der Waals surface area contributed by atoms with Gasteiger partial charge in [-0.1, -0.05) is 6.07 Å². The first-order chi connectivity index (χ1) is 15.5. The van der Waals surface area contributed by atoms with Crippen molar-refractivity contribution in [2.75, 3.05) is 38.7 Å². The minimum absolute atomic E-state index is 0.0193. The lowest BCUT2D eigenvalue weighted by molar-refractivity contribution is 0.266. The number of benzene rings is 1. The first kappa shape index (κ1) is 22.2. The number of hydrogen-bond acceptors (Lipinski definition) is 7. The van der Waals surface area contributed by atoms with Crippen LogP contribution in [0.3, 0.4) is 0 Å². The van der Waals surface area contributed by atoms with Crippen molar-refractivity contribution in [3.63, 3.8) is 0 Å². The topological polar surface area (TPSA) is 79.5 Å². The molecular weight excluding hydrogens is 404 g/mol. The van der Waals surface area contributed by atoms with Crippen LogP contribution in [-0.4, -0.2) is 63.5 Å². The van der Waals surface area contributed by atoms with E-state index in [1.807, 2.05) is 68.4 Å². The van der Waals surface area contributed by atoms with Gasteiger partial charge in [0.1, 0.15) is 5.75 Å². The average molecular weight is 437 g/mol. The lowest BCUT2D eigenvalue weighted by Gasteiger charge is -2.19. The molecule has 0 spiro atoms. The quantitative estimate of drug-likeness (QED) is 0.582. The van der Waals surface area contributed by atoms with Crippen LogP contribution < -0.4 is 9.64 Å². The molecule has 32 heavy (non-hydrogen) atoms. The first-order valence-corrected chi connectivity index (χ1v) is 11.1. The fourth-order valence-electron chi connectivity index (χ4n) is 4.30. The van der Waals surface area contributed by atoms with Gasteiger partial charge in [0.2, 0.25) is 5.95 Å². The fourth-order valence-corrected chi connectivity index (χ4v) is 4.30. The monoisotopic (exact) mass is 436 g/mol. The van der Waals surface area contributed by atoms with E-state index in [9.17, 15) is 5.11 Å². The summed E-state index contributed by atoms with van der Waals surface area (Å²) in [5.41, 5.74) is 5.21. The smallest absolute Gasteiger partial charge is 0.225 e. The van der Waals surface area contributed by atoms with Gasteiger partial charge in [-0.05, 0) is 37.6 Å². The van der Waals surface area contributed by atoms with Crippen LogP contribution in [0, 0.1) is 0 Å². The van der Waals surface area contributed by atoms with Crippen LogP contribution in [0.25, 0.3) is 11.1 Å². The lowest BCUT2D eigenvalue weighted by Crippen LogP contribution is -2.21. The van der Waals surface area contributed by atoms with Crippen molar-refractivity contribution in [2.24, 2.45) is 7.05 Å². The van der Waals surface area contributed by atoms with Crippen LogP contribution >= 0.6 is 0 Å². The third-order valence-electron chi connectivity index (χ3n) is 5.88. The maximum absolute atomic E-state index is 9.71. The molecule has 4 rings (SSSR count). The fraction of sp³-hybridized carbons (Fsp3) is 0.458. The van der Waals surface area contributed by atoms with Crippen molar-refractivity contribution in [3.8, 4) is 16.9 Å². The summed E-state index contributed by atoms with van der Waals surface area (Å²) in [5, 5.41) is 14.0. The molecule has 0 aliphatic carbocycles. The molecule has 8 heteroatoms. The number of aliphatic hydroxyl groups is 1. The molecule has 3 heterocycles. The average Bonchev–Trinajstić information content (AvgIpc) is 3.43. The molecule has 1 aromatic carbocycles. The number of likely N-dealkylation sites (tertiary alicyclic amines) is 1. The normalized spacial score (nSPS) is 16.5. The van der Waals surface area contributed by atoms with E-state index in [4.69, 9.17) is 9.72 Å². The van der Waals surface area contributed by atoms with E-state index in [0.717, 1.165) is 60.1 Å². The zero-order valence-electron chi connectivity index (χ0n) is 19.3. The highest BCUT2D eigenvalue weighted by Crippen LogP contribution is 2.34. The van der Waals surface area contributed by atoms with Crippen LogP contribution in [0.2, 0.25) is 0 Å². The predicted molar refractivity (Wildman–Crippen MR) is 125 cm³/mol. The molecule has 3 aromatic rings. The second-order valence-electron chi connectivity index (χ2n) is 8.52. The summed E-state index contributed by atoms with van der Waals surface area (Å²) < 4.78 is 7.43. The van der Waals surface area contributed by atoms with Gasteiger partial charge >= 0.3 is 0 Å². The third kappa shape index (κ3) is 4.76. The van der Waals surface area contributed by atoms with Gasteiger partial charge < -0.3 is 14.7 Å². The Balaban J connectivity index is 1.54. The number of aromatic nitrogens is 4. The first-order valence-electron chi connectivity index (χ1n) is 11.1. The zero-order valence-corrected chi connectivity index (χ0v) is 19.3. The summed E-state index contributed by atoms with van der Waals surface area (Å²) in [6.07, 6.45) is 6.86. The number of rotatable bonds is 8. The van der Waals surface area contributed by atoms with Crippen LogP contribution in [0.15, 0.2) is 36.8 Å². The number of anilines is 1. The molecule has 1 aliphatic heterocycles. The molecule has 1 saturated heterocycles. The molecule has 2 aromatic heterocycles. The number of hydrogen-bond donors (Lipinski definition) is 1. The highest BCUT2D eigenvalue weighted by molar-refractivity contribution is 5.65. The Morgan fingerprint density at radius 2 is 2.09 bits per heavy atom. The Labute approximate surface area is 189 Å². The lowest BCUT2D eigenvalue weighted by atomic mass is 9.97. The number of aliphatic hydroxyl groups excluding tert-OH is 1. The predicted octanol–water partition coefficient (Wildman–Crippen LogP) is 2.82. The van der Waals surface area contributed by atoms with E-state index in [2.05, 4.69) is 21.0 Å². The van der Waals surface area contributed by atoms with E-state index in [1.165, 1.54) is 5.56 Å². The van der Waals surface area contributed by atoms with Crippen molar-refractivity contribution in [1.29, 1.82) is 0 Å². The molecule has 0 unspecified atom stereocenters. The van der Waals surface area contributed by atoms with E-state index >= 15 is 0 Å². The Morgan fingerprint density at radius 3 is 2.78 bits per heavy atom. The molecule has 8 nitrogen and oxygen atoms in total. The summed E-state index contributed by atoms with van der Waals surface area (Å²) in [5.74, 6) is 1.81. The van der Waals surface area contributed by atoms with E-state index in [-0.39, 0.29) is 6.61 Å². The number of ether oxygens (including phenoxy) is 1. The second-order valence-corrected chi connectivity index (χ2v) is 8.52. The minimum Gasteiger partial charge on any atom is -0.494 e. The Kier molecular flexibility index (Phi) is 6.72. The summed E-state index contributed by atoms with van der Waals surface area (Å²) in [6.45, 7) is 5.29. The van der Waals surface area contributed by atoms with Crippen molar-refractivity contribution in [3.05, 3.63) is 53.6 Å². The van der Waals surface area contributed by atoms with Crippen molar-refractivity contribution in [1.82, 2.24) is 24.6 Å². The SMILES string of the molecule is CCOc1ccc(CN2CC[C@H](c3nc(N(C)C)ncc3-c3cnn(C)c3)C2)cc1CO. The van der Waals surface area contributed by atoms with Gasteiger partial charge in [0.25, 0.3) is 0 Å². The van der Waals surface area contributed by atoms with Crippen LogP contribution in [0.4, 0.5) is 5.95 Å². The van der Waals surface area contributed by atoms with Gasteiger partial charge in [-0.15, -0.1) is 0 Å². The standard InChI is InChI=1S/C24H32N6O2/c1-5-32-22-7-6-17(10-19(22)16-31)13-30-9-8-18(15-30)23-21(20-11-26-29(4)14-20)12-25-24(27-23)28(2)3/h6-7,10-12,14,18,31H,5,8-9,13,15-16H2,1-4H3/t18-/m0/s1. The highest BCUT2D eigenvalue weighted by Gasteiger charge is 2.28. The van der Waals surface area contributed by atoms with Gasteiger partial charge in [0.05, 0.1) is 25.1 Å². The second kappa shape index (κ2) is 9.67. The van der Waals surface area contributed by atoms with Crippen LogP contribution in [0.5, 0.6) is 5.75 Å². The molecule has 1 N–H and O–H groups in total. The zero-order chi connectivity index (χ0) is 22.7. The number of nitrogens with zero attached hydrogens (tertiary/aromatic N) is 6. The Morgan fingerprint density at radius 1 is 1.25 bits per heavy atom. The van der Waals surface area contributed by atoms with Crippen molar-refractivity contribution >= 4 is 5.95 Å². The largest absolute Gasteiger partial charge is 0.494 e. The van der Waals surface area contributed by atoms with Gasteiger partial charge in [0.15, 0.2) is 0 Å². The molecule has 170 valence electrons. The summed E-state index contributed by atoms with van der Waals surface area (Å²) >= 11 is 0. The van der Waals surface area contributed by atoms with Crippen LogP contribution in [-0.2, 0) is 20.2 Å². The Hall–Kier alpha value is -2.97. The molecule has 0 saturated carbocycles. The van der Waals surface area contributed by atoms with Gasteiger partial charge in [-0.2, -0.15) is 5.10 Å². The maximum atomic E-state index is 9.71. The van der Waals surface area contributed by atoms with E-state index in [0.29, 0.717) is 12.5 Å². The third-order valence-corrected chi connectivity index (χ3v) is 5.88. The molecular formula is C24H32N6O2. The van der Waals surface area contributed by atoms with E-state index in [1.54, 1.807) is 0 Å². The molecule has 1 aliphatic rings. The summed E-state index contributed by atoms with van der Waals surface area (Å²) in [7, 11) is 5.86. The molecule has 0 radical (unpaired) electrons. The van der Waals surface area contributed by atoms with Crippen LogP contribution in [0.1, 0.15) is 36.1 Å². The van der Waals surface area contributed by atoms with Gasteiger partial charge in [-0.25, -0.2) is 9.97 Å². The van der Waals surface area contributed by atoms with Crippen molar-refractivity contribution < 1.29 is 9.84 Å². The van der Waals surface area contributed by atoms with Gasteiger partial charge in [0, 0.05) is 69.2 Å².